The first-order valence-electron chi connectivity index (χ1n) is 10.6. The Balaban J connectivity index is 2.01. The van der Waals surface area contributed by atoms with Crippen LogP contribution in [0.25, 0.3) is 0 Å². The summed E-state index contributed by atoms with van der Waals surface area (Å²) in [7, 11) is -2.47. The van der Waals surface area contributed by atoms with Crippen LogP contribution >= 0.6 is 0 Å². The predicted octanol–water partition coefficient (Wildman–Crippen LogP) is 2.00. The Kier molecular flexibility index (Phi) is 8.94. The summed E-state index contributed by atoms with van der Waals surface area (Å²) in [6.07, 6.45) is 0. The lowest BCUT2D eigenvalue weighted by molar-refractivity contribution is -0.137. The number of rotatable bonds is 9. The van der Waals surface area contributed by atoms with Gasteiger partial charge in [-0.2, -0.15) is 0 Å². The van der Waals surface area contributed by atoms with Crippen molar-refractivity contribution in [2.75, 3.05) is 20.2 Å². The molecule has 2 amide bonds. The van der Waals surface area contributed by atoms with Crippen molar-refractivity contribution >= 4 is 27.8 Å². The van der Waals surface area contributed by atoms with Crippen LogP contribution < -0.4 is 10.0 Å². The number of nitrogens with zero attached hydrogens (tertiary/aromatic N) is 1. The molecule has 0 saturated carbocycles. The normalized spacial score (nSPS) is 11.6. The largest absolute Gasteiger partial charge is 0.452 e. The van der Waals surface area contributed by atoms with E-state index in [0.717, 1.165) is 10.5 Å². The van der Waals surface area contributed by atoms with E-state index < -0.39 is 34.0 Å². The number of nitrogens with one attached hydrogen (secondary N) is 2. The number of aryl methyl sites for hydroxylation is 1. The number of hydrogen-bond acceptors (Lipinski definition) is 6. The molecule has 0 fully saturated rings. The van der Waals surface area contributed by atoms with Gasteiger partial charge in [-0.3, -0.25) is 9.59 Å². The van der Waals surface area contributed by atoms with Gasteiger partial charge in [-0.1, -0.05) is 36.4 Å². The van der Waals surface area contributed by atoms with E-state index in [4.69, 9.17) is 4.74 Å². The number of esters is 1. The highest BCUT2D eigenvalue weighted by atomic mass is 32.2. The first kappa shape index (κ1) is 27.0. The fourth-order valence-corrected chi connectivity index (χ4v) is 4.24. The van der Waals surface area contributed by atoms with Gasteiger partial charge in [0, 0.05) is 19.1 Å². The molecule has 0 aliphatic heterocycles. The number of ether oxygens (including phenoxy) is 1. The summed E-state index contributed by atoms with van der Waals surface area (Å²) in [6.45, 7) is 6.41. The third-order valence-electron chi connectivity index (χ3n) is 4.67. The lowest BCUT2D eigenvalue weighted by Crippen LogP contribution is -2.46. The van der Waals surface area contributed by atoms with Gasteiger partial charge in [0.2, 0.25) is 15.9 Å². The molecule has 0 aliphatic carbocycles. The van der Waals surface area contributed by atoms with E-state index in [0.29, 0.717) is 5.56 Å². The number of benzene rings is 2. The molecule has 0 unspecified atom stereocenters. The zero-order valence-corrected chi connectivity index (χ0v) is 20.9. The summed E-state index contributed by atoms with van der Waals surface area (Å²) >= 11 is 0. The van der Waals surface area contributed by atoms with Crippen molar-refractivity contribution < 1.29 is 27.5 Å². The number of carbonyl (C=O) groups is 3. The van der Waals surface area contributed by atoms with E-state index in [9.17, 15) is 22.8 Å². The predicted molar refractivity (Wildman–Crippen MR) is 127 cm³/mol. The van der Waals surface area contributed by atoms with Gasteiger partial charge in [-0.05, 0) is 51.0 Å². The van der Waals surface area contributed by atoms with E-state index in [1.165, 1.54) is 25.2 Å². The molecule has 0 atom stereocenters. The average Bonchev–Trinajstić information content (AvgIpc) is 2.75. The van der Waals surface area contributed by atoms with Crippen molar-refractivity contribution in [3.63, 3.8) is 0 Å². The zero-order chi connectivity index (χ0) is 25.5. The molecule has 2 aromatic carbocycles. The van der Waals surface area contributed by atoms with Gasteiger partial charge < -0.3 is 15.0 Å². The van der Waals surface area contributed by atoms with Gasteiger partial charge in [0.1, 0.15) is 0 Å². The molecule has 184 valence electrons. The number of amides is 2. The lowest BCUT2D eigenvalue weighted by Gasteiger charge is -2.23. The summed E-state index contributed by atoms with van der Waals surface area (Å²) in [4.78, 5) is 37.8. The SMILES string of the molecule is Cc1ccc(C(=O)OCC(=O)N(C)CC(=O)NC(C)(C)C)cc1S(=O)(=O)NCc1ccccc1. The average molecular weight is 490 g/mol. The highest BCUT2D eigenvalue weighted by Gasteiger charge is 2.22. The standard InChI is InChI=1S/C24H31N3O6S/c1-17-11-12-19(13-20(17)34(31,32)25-14-18-9-7-6-8-10-18)23(30)33-16-22(29)27(5)15-21(28)26-24(2,3)4/h6-13,25H,14-16H2,1-5H3,(H,26,28). The Morgan fingerprint density at radius 3 is 2.29 bits per heavy atom. The van der Waals surface area contributed by atoms with E-state index in [1.54, 1.807) is 31.2 Å². The molecule has 0 heterocycles. The summed E-state index contributed by atoms with van der Waals surface area (Å²) in [5.41, 5.74) is 0.801. The fraction of sp³-hybridized carbons (Fsp3) is 0.375. The molecule has 10 heteroatoms. The second kappa shape index (κ2) is 11.3. The minimum Gasteiger partial charge on any atom is -0.452 e. The van der Waals surface area contributed by atoms with Crippen molar-refractivity contribution in [2.45, 2.75) is 44.7 Å². The molecular weight excluding hydrogens is 458 g/mol. The minimum atomic E-state index is -3.90. The topological polar surface area (TPSA) is 122 Å². The Bertz CT molecular complexity index is 1140. The number of sulfonamides is 1. The maximum Gasteiger partial charge on any atom is 0.338 e. The smallest absolute Gasteiger partial charge is 0.338 e. The molecule has 2 N–H and O–H groups in total. The molecule has 2 aromatic rings. The molecule has 0 bridgehead atoms. The number of hydrogen-bond donors (Lipinski definition) is 2. The van der Waals surface area contributed by atoms with Crippen LogP contribution in [0, 0.1) is 6.92 Å². The van der Waals surface area contributed by atoms with Crippen LogP contribution in [0.4, 0.5) is 0 Å². The third kappa shape index (κ3) is 8.27. The Hall–Kier alpha value is -3.24. The van der Waals surface area contributed by atoms with Crippen molar-refractivity contribution in [1.29, 1.82) is 0 Å². The first-order valence-corrected chi connectivity index (χ1v) is 12.1. The monoisotopic (exact) mass is 489 g/mol. The molecular formula is C24H31N3O6S. The number of likely N-dealkylation sites (N-methyl/N-ethyl adjacent to an activating group) is 1. The van der Waals surface area contributed by atoms with Crippen LogP contribution in [0.3, 0.4) is 0 Å². The maximum absolute atomic E-state index is 12.8. The van der Waals surface area contributed by atoms with Crippen molar-refractivity contribution in [3.05, 3.63) is 65.2 Å². The fourth-order valence-electron chi connectivity index (χ4n) is 2.95. The van der Waals surface area contributed by atoms with Gasteiger partial charge >= 0.3 is 5.97 Å². The maximum atomic E-state index is 12.8. The van der Waals surface area contributed by atoms with Crippen molar-refractivity contribution in [2.24, 2.45) is 0 Å². The molecule has 0 aromatic heterocycles. The quantitative estimate of drug-likeness (QED) is 0.520. The number of carbonyl (C=O) groups excluding carboxylic acids is 3. The zero-order valence-electron chi connectivity index (χ0n) is 20.0. The van der Waals surface area contributed by atoms with E-state index in [-0.39, 0.29) is 29.5 Å². The van der Waals surface area contributed by atoms with Crippen LogP contribution in [-0.2, 0) is 30.9 Å². The molecule has 0 saturated heterocycles. The van der Waals surface area contributed by atoms with E-state index in [2.05, 4.69) is 10.0 Å². The van der Waals surface area contributed by atoms with Crippen LogP contribution in [0.2, 0.25) is 0 Å². The Morgan fingerprint density at radius 1 is 1.03 bits per heavy atom. The van der Waals surface area contributed by atoms with E-state index >= 15 is 0 Å². The van der Waals surface area contributed by atoms with Crippen LogP contribution in [-0.4, -0.2) is 56.8 Å². The first-order chi connectivity index (χ1) is 15.8. The Labute approximate surface area is 200 Å². The highest BCUT2D eigenvalue weighted by Crippen LogP contribution is 2.18. The summed E-state index contributed by atoms with van der Waals surface area (Å²) in [5, 5.41) is 2.74. The van der Waals surface area contributed by atoms with E-state index in [1.807, 2.05) is 26.8 Å². The summed E-state index contributed by atoms with van der Waals surface area (Å²) in [5.74, 6) is -1.76. The Morgan fingerprint density at radius 2 is 1.68 bits per heavy atom. The van der Waals surface area contributed by atoms with Crippen LogP contribution in [0.15, 0.2) is 53.4 Å². The minimum absolute atomic E-state index is 0.00776. The second-order valence-corrected chi connectivity index (χ2v) is 10.6. The van der Waals surface area contributed by atoms with Gasteiger partial charge in [0.25, 0.3) is 5.91 Å². The van der Waals surface area contributed by atoms with Gasteiger partial charge in [-0.25, -0.2) is 17.9 Å². The third-order valence-corrected chi connectivity index (χ3v) is 6.21. The molecule has 9 nitrogen and oxygen atoms in total. The molecule has 2 rings (SSSR count). The van der Waals surface area contributed by atoms with Crippen LogP contribution in [0.5, 0.6) is 0 Å². The summed E-state index contributed by atoms with van der Waals surface area (Å²) in [6, 6.07) is 13.2. The second-order valence-electron chi connectivity index (χ2n) is 8.91. The van der Waals surface area contributed by atoms with Gasteiger partial charge in [0.15, 0.2) is 6.61 Å². The van der Waals surface area contributed by atoms with Crippen LogP contribution in [0.1, 0.15) is 42.3 Å². The van der Waals surface area contributed by atoms with Crippen molar-refractivity contribution in [3.8, 4) is 0 Å². The molecule has 0 aliphatic rings. The summed E-state index contributed by atoms with van der Waals surface area (Å²) < 4.78 is 33.2. The highest BCUT2D eigenvalue weighted by molar-refractivity contribution is 7.89. The molecule has 34 heavy (non-hydrogen) atoms. The van der Waals surface area contributed by atoms with Crippen molar-refractivity contribution in [1.82, 2.24) is 14.9 Å². The van der Waals surface area contributed by atoms with Gasteiger partial charge in [-0.15, -0.1) is 0 Å². The molecule has 0 spiro atoms. The van der Waals surface area contributed by atoms with Gasteiger partial charge in [0.05, 0.1) is 17.0 Å². The lowest BCUT2D eigenvalue weighted by atomic mass is 10.1. The molecule has 0 radical (unpaired) electrons.